The summed E-state index contributed by atoms with van der Waals surface area (Å²) in [5.41, 5.74) is 0. The van der Waals surface area contributed by atoms with Gasteiger partial charge in [0.1, 0.15) is 0 Å². The van der Waals surface area contributed by atoms with Gasteiger partial charge in [0.2, 0.25) is 5.91 Å². The van der Waals surface area contributed by atoms with E-state index in [1.165, 1.54) is 0 Å². The summed E-state index contributed by atoms with van der Waals surface area (Å²) in [6.45, 7) is 5.77. The van der Waals surface area contributed by atoms with Crippen LogP contribution in [0, 0.1) is 11.8 Å². The third kappa shape index (κ3) is 2.90. The van der Waals surface area contributed by atoms with Crippen LogP contribution < -0.4 is 10.6 Å². The van der Waals surface area contributed by atoms with Crippen molar-refractivity contribution in [3.05, 3.63) is 0 Å². The molecule has 3 heterocycles. The van der Waals surface area contributed by atoms with Gasteiger partial charge >= 0.3 is 6.03 Å². The number of piperidine rings is 1. The van der Waals surface area contributed by atoms with Crippen LogP contribution in [0.2, 0.25) is 0 Å². The van der Waals surface area contributed by atoms with E-state index >= 15 is 0 Å². The fourth-order valence-corrected chi connectivity index (χ4v) is 3.59. The summed E-state index contributed by atoms with van der Waals surface area (Å²) in [7, 11) is 0. The predicted molar refractivity (Wildman–Crippen MR) is 75.3 cm³/mol. The second-order valence-corrected chi connectivity index (χ2v) is 6.11. The molecule has 0 aromatic heterocycles. The molecule has 3 fully saturated rings. The van der Waals surface area contributed by atoms with E-state index in [2.05, 4.69) is 10.6 Å². The van der Waals surface area contributed by atoms with Crippen LogP contribution in [0.25, 0.3) is 0 Å². The van der Waals surface area contributed by atoms with Crippen LogP contribution in [0.3, 0.4) is 0 Å². The molecule has 3 aliphatic heterocycles. The minimum Gasteiger partial charge on any atom is -0.341 e. The third-order valence-electron chi connectivity index (χ3n) is 4.91. The fraction of sp³-hybridized carbons (Fsp3) is 0.857. The maximum Gasteiger partial charge on any atom is 0.317 e. The summed E-state index contributed by atoms with van der Waals surface area (Å²) in [6.07, 6.45) is 2.91. The zero-order valence-corrected chi connectivity index (χ0v) is 11.9. The van der Waals surface area contributed by atoms with Crippen LogP contribution in [0.1, 0.15) is 19.3 Å². The molecule has 2 atom stereocenters. The van der Waals surface area contributed by atoms with Crippen molar-refractivity contribution in [1.82, 2.24) is 20.4 Å². The second-order valence-electron chi connectivity index (χ2n) is 6.11. The van der Waals surface area contributed by atoms with E-state index in [9.17, 15) is 9.59 Å². The molecule has 0 saturated carbocycles. The Labute approximate surface area is 119 Å². The molecule has 6 nitrogen and oxygen atoms in total. The Kier molecular flexibility index (Phi) is 4.10. The number of carbonyl (C=O) groups is 2. The van der Waals surface area contributed by atoms with Gasteiger partial charge in [-0.3, -0.25) is 4.79 Å². The second kappa shape index (κ2) is 5.99. The van der Waals surface area contributed by atoms with Gasteiger partial charge in [0.25, 0.3) is 0 Å². The third-order valence-corrected chi connectivity index (χ3v) is 4.91. The lowest BCUT2D eigenvalue weighted by Crippen LogP contribution is -2.39. The number of amides is 3. The highest BCUT2D eigenvalue weighted by atomic mass is 16.2. The van der Waals surface area contributed by atoms with Crippen LogP contribution in [-0.4, -0.2) is 67.6 Å². The van der Waals surface area contributed by atoms with Gasteiger partial charge in [0.15, 0.2) is 0 Å². The van der Waals surface area contributed by atoms with Crippen molar-refractivity contribution in [2.75, 3.05) is 45.8 Å². The highest BCUT2D eigenvalue weighted by Crippen LogP contribution is 2.29. The smallest absolute Gasteiger partial charge is 0.317 e. The molecule has 3 aliphatic rings. The van der Waals surface area contributed by atoms with Gasteiger partial charge in [-0.25, -0.2) is 4.79 Å². The average molecular weight is 280 g/mol. The van der Waals surface area contributed by atoms with Gasteiger partial charge in [-0.1, -0.05) is 0 Å². The number of urea groups is 1. The van der Waals surface area contributed by atoms with Crippen molar-refractivity contribution in [1.29, 1.82) is 0 Å². The molecule has 0 spiro atoms. The summed E-state index contributed by atoms with van der Waals surface area (Å²) in [6, 6.07) is 0.00476. The molecule has 3 amide bonds. The standard InChI is InChI=1S/C14H24N4O2/c19-13-9-11-1-3-15-10-12(11)2-5-17(13)7-8-18-6-4-16-14(18)20/h11-12,15H,1-10H2,(H,16,20). The lowest BCUT2D eigenvalue weighted by atomic mass is 9.83. The van der Waals surface area contributed by atoms with Crippen LogP contribution in [0.4, 0.5) is 4.79 Å². The molecular weight excluding hydrogens is 256 g/mol. The molecule has 2 N–H and O–H groups in total. The largest absolute Gasteiger partial charge is 0.341 e. The first-order chi connectivity index (χ1) is 9.74. The Morgan fingerprint density at radius 1 is 1.00 bits per heavy atom. The fourth-order valence-electron chi connectivity index (χ4n) is 3.59. The highest BCUT2D eigenvalue weighted by Gasteiger charge is 2.32. The van der Waals surface area contributed by atoms with E-state index < -0.39 is 0 Å². The molecule has 0 radical (unpaired) electrons. The zero-order chi connectivity index (χ0) is 13.9. The molecule has 6 heteroatoms. The van der Waals surface area contributed by atoms with Crippen molar-refractivity contribution in [2.24, 2.45) is 11.8 Å². The highest BCUT2D eigenvalue weighted by molar-refractivity contribution is 5.77. The Morgan fingerprint density at radius 2 is 1.85 bits per heavy atom. The Bertz CT molecular complexity index is 387. The number of fused-ring (bicyclic) bond motifs is 1. The quantitative estimate of drug-likeness (QED) is 0.756. The van der Waals surface area contributed by atoms with Crippen molar-refractivity contribution in [2.45, 2.75) is 19.3 Å². The number of likely N-dealkylation sites (tertiary alicyclic amines) is 1. The number of hydrogen-bond acceptors (Lipinski definition) is 3. The van der Waals surface area contributed by atoms with E-state index in [1.807, 2.05) is 4.90 Å². The van der Waals surface area contributed by atoms with Gasteiger partial charge in [-0.15, -0.1) is 0 Å². The Balaban J connectivity index is 1.53. The maximum absolute atomic E-state index is 12.3. The van der Waals surface area contributed by atoms with Gasteiger partial charge in [0.05, 0.1) is 0 Å². The van der Waals surface area contributed by atoms with Crippen molar-refractivity contribution >= 4 is 11.9 Å². The SMILES string of the molecule is O=C1CC2CCNCC2CCN1CCN1CCNC1=O. The van der Waals surface area contributed by atoms with Crippen LogP contribution in [0.15, 0.2) is 0 Å². The van der Waals surface area contributed by atoms with E-state index in [4.69, 9.17) is 0 Å². The normalized spacial score (nSPS) is 31.0. The predicted octanol–water partition coefficient (Wildman–Crippen LogP) is -0.140. The lowest BCUT2D eigenvalue weighted by Gasteiger charge is -2.29. The summed E-state index contributed by atoms with van der Waals surface area (Å²) >= 11 is 0. The molecule has 0 aliphatic carbocycles. The lowest BCUT2D eigenvalue weighted by molar-refractivity contribution is -0.131. The number of carbonyl (C=O) groups excluding carboxylic acids is 2. The van der Waals surface area contributed by atoms with Crippen molar-refractivity contribution in [3.8, 4) is 0 Å². The van der Waals surface area contributed by atoms with E-state index in [1.54, 1.807) is 4.90 Å². The monoisotopic (exact) mass is 280 g/mol. The van der Waals surface area contributed by atoms with Gasteiger partial charge in [-0.05, 0) is 37.8 Å². The molecule has 0 aromatic carbocycles. The first-order valence-corrected chi connectivity index (χ1v) is 7.75. The van der Waals surface area contributed by atoms with E-state index in [0.29, 0.717) is 31.3 Å². The first kappa shape index (κ1) is 13.7. The molecule has 3 rings (SSSR count). The number of nitrogens with one attached hydrogen (secondary N) is 2. The number of hydrogen-bond donors (Lipinski definition) is 2. The van der Waals surface area contributed by atoms with Crippen LogP contribution in [-0.2, 0) is 4.79 Å². The molecule has 112 valence electrons. The van der Waals surface area contributed by atoms with Crippen molar-refractivity contribution in [3.63, 3.8) is 0 Å². The molecule has 20 heavy (non-hydrogen) atoms. The zero-order valence-electron chi connectivity index (χ0n) is 11.9. The molecular formula is C14H24N4O2. The number of nitrogens with zero attached hydrogens (tertiary/aromatic N) is 2. The van der Waals surface area contributed by atoms with E-state index in [0.717, 1.165) is 45.6 Å². The first-order valence-electron chi connectivity index (χ1n) is 7.75. The van der Waals surface area contributed by atoms with Crippen LogP contribution >= 0.6 is 0 Å². The minimum absolute atomic E-state index is 0.00476. The summed E-state index contributed by atoms with van der Waals surface area (Å²) in [5.74, 6) is 1.48. The summed E-state index contributed by atoms with van der Waals surface area (Å²) < 4.78 is 0. The van der Waals surface area contributed by atoms with Crippen LogP contribution in [0.5, 0.6) is 0 Å². The Morgan fingerprint density at radius 3 is 2.65 bits per heavy atom. The molecule has 2 unspecified atom stereocenters. The summed E-state index contributed by atoms with van der Waals surface area (Å²) in [4.78, 5) is 27.6. The topological polar surface area (TPSA) is 64.7 Å². The number of rotatable bonds is 3. The molecule has 3 saturated heterocycles. The van der Waals surface area contributed by atoms with Gasteiger partial charge < -0.3 is 20.4 Å². The maximum atomic E-state index is 12.3. The Hall–Kier alpha value is -1.30. The minimum atomic E-state index is 0.00476. The average Bonchev–Trinajstić information content (AvgIpc) is 2.78. The van der Waals surface area contributed by atoms with E-state index in [-0.39, 0.29) is 11.9 Å². The van der Waals surface area contributed by atoms with Gasteiger partial charge in [0, 0.05) is 39.1 Å². The molecule has 0 aromatic rings. The van der Waals surface area contributed by atoms with Crippen molar-refractivity contribution < 1.29 is 9.59 Å². The summed E-state index contributed by atoms with van der Waals surface area (Å²) in [5, 5.41) is 6.23. The van der Waals surface area contributed by atoms with Gasteiger partial charge in [-0.2, -0.15) is 0 Å². The molecule has 0 bridgehead atoms.